The number of rotatable bonds is 2. The highest BCUT2D eigenvalue weighted by atomic mass is 32.2. The van der Waals surface area contributed by atoms with Crippen LogP contribution in [0, 0.1) is 24.7 Å². The van der Waals surface area contributed by atoms with Crippen LogP contribution in [0.1, 0.15) is 67.2 Å². The molecule has 3 heterocycles. The molecule has 9 heteroatoms. The predicted molar refractivity (Wildman–Crippen MR) is 139 cm³/mol. The van der Waals surface area contributed by atoms with E-state index < -0.39 is 25.4 Å². The van der Waals surface area contributed by atoms with Crippen LogP contribution in [0.5, 0.6) is 5.75 Å². The molecule has 0 saturated heterocycles. The summed E-state index contributed by atoms with van der Waals surface area (Å²) in [6, 6.07) is 7.04. The Kier molecular flexibility index (Phi) is 5.63. The molecule has 188 valence electrons. The molecule has 2 aromatic rings. The number of nitrogens with two attached hydrogens (primary N) is 1. The molecular weight excluding hydrogens is 476 g/mol. The number of anilines is 1. The summed E-state index contributed by atoms with van der Waals surface area (Å²) in [5, 5.41) is 2.08. The Balaban J connectivity index is 1.48. The second kappa shape index (κ2) is 8.34. The van der Waals surface area contributed by atoms with Gasteiger partial charge < -0.3 is 15.8 Å². The van der Waals surface area contributed by atoms with Crippen LogP contribution in [0.15, 0.2) is 35.5 Å². The highest BCUT2D eigenvalue weighted by molar-refractivity contribution is 7.94. The molecule has 5 rings (SSSR count). The average molecular weight is 507 g/mol. The topological polar surface area (TPSA) is 124 Å². The lowest BCUT2D eigenvalue weighted by atomic mass is 9.86. The van der Waals surface area contributed by atoms with Crippen LogP contribution < -0.4 is 15.8 Å². The lowest BCUT2D eigenvalue weighted by Crippen LogP contribution is -2.59. The van der Waals surface area contributed by atoms with Crippen LogP contribution in [0.4, 0.5) is 5.69 Å². The number of amidine groups is 1. The molecule has 36 heavy (non-hydrogen) atoms. The Morgan fingerprint density at radius 1 is 1.19 bits per heavy atom. The van der Waals surface area contributed by atoms with Crippen LogP contribution in [0.25, 0.3) is 0 Å². The Hall–Kier alpha value is -3.38. The number of nitrogens with zero attached hydrogens (tertiary/aromatic N) is 2. The van der Waals surface area contributed by atoms with E-state index in [0.29, 0.717) is 28.6 Å². The Morgan fingerprint density at radius 3 is 2.64 bits per heavy atom. The van der Waals surface area contributed by atoms with Crippen LogP contribution in [-0.2, 0) is 15.4 Å². The van der Waals surface area contributed by atoms with Gasteiger partial charge in [0.25, 0.3) is 5.91 Å². The summed E-state index contributed by atoms with van der Waals surface area (Å²) in [6.45, 7) is 7.00. The van der Waals surface area contributed by atoms with Crippen molar-refractivity contribution in [2.24, 2.45) is 16.6 Å². The Bertz CT molecular complexity index is 1460. The summed E-state index contributed by atoms with van der Waals surface area (Å²) in [4.78, 5) is 22.1. The van der Waals surface area contributed by atoms with Crippen molar-refractivity contribution < 1.29 is 17.9 Å². The monoisotopic (exact) mass is 506 g/mol. The van der Waals surface area contributed by atoms with Gasteiger partial charge in [0, 0.05) is 35.3 Å². The van der Waals surface area contributed by atoms with Gasteiger partial charge in [-0.25, -0.2) is 13.4 Å². The predicted octanol–water partition coefficient (Wildman–Crippen LogP) is 3.33. The first-order valence-corrected chi connectivity index (χ1v) is 13.6. The normalized spacial score (nSPS) is 25.6. The second-order valence-corrected chi connectivity index (χ2v) is 13.1. The maximum absolute atomic E-state index is 13.5. The van der Waals surface area contributed by atoms with E-state index in [1.807, 2.05) is 13.0 Å². The van der Waals surface area contributed by atoms with Gasteiger partial charge in [-0.1, -0.05) is 11.8 Å². The average Bonchev–Trinajstić information content (AvgIpc) is 3.65. The van der Waals surface area contributed by atoms with Crippen molar-refractivity contribution in [1.29, 1.82) is 0 Å². The second-order valence-electron chi connectivity index (χ2n) is 10.4. The van der Waals surface area contributed by atoms with Gasteiger partial charge in [-0.3, -0.25) is 9.79 Å². The molecule has 0 spiro atoms. The molecule has 1 fully saturated rings. The first-order chi connectivity index (χ1) is 16.9. The third-order valence-corrected chi connectivity index (χ3v) is 10.5. The molecule has 2 atom stereocenters. The standard InChI is InChI=1S/C27H30N4O4S/c1-16-13-18(8-7-17-5-6-17)15-29-23(16)24(32)30-19-9-10-21-20(14-19)27(4)22(11-12-35-21)36(33,34)26(2,3)25(28)31-27/h9-10,13-15,17,22H,5-6,11-12H2,1-4H3,(H2,28,31)(H,30,32)/t22-,27-/m1/s1. The van der Waals surface area contributed by atoms with Gasteiger partial charge in [0.1, 0.15) is 27.6 Å². The molecule has 3 aliphatic rings. The van der Waals surface area contributed by atoms with Crippen molar-refractivity contribution >= 4 is 27.3 Å². The van der Waals surface area contributed by atoms with Gasteiger partial charge in [-0.2, -0.15) is 0 Å². The number of hydrogen-bond acceptors (Lipinski definition) is 7. The fourth-order valence-corrected chi connectivity index (χ4v) is 7.06. The maximum Gasteiger partial charge on any atom is 0.274 e. The van der Waals surface area contributed by atoms with Crippen LogP contribution in [0.2, 0.25) is 0 Å². The number of aliphatic imine (C=N–C) groups is 1. The number of sulfone groups is 1. The number of hydrogen-bond donors (Lipinski definition) is 2. The van der Waals surface area contributed by atoms with E-state index in [-0.39, 0.29) is 24.8 Å². The van der Waals surface area contributed by atoms with E-state index in [2.05, 4.69) is 22.1 Å². The SMILES string of the molecule is Cc1cc(C#CC2CC2)cnc1C(=O)Nc1ccc2c(c1)[C@@]1(C)N=C(N)C(C)(C)S(=O)(=O)[C@@H]1CCO2. The number of carbonyl (C=O) groups is 1. The summed E-state index contributed by atoms with van der Waals surface area (Å²) < 4.78 is 31.7. The molecule has 8 nitrogen and oxygen atoms in total. The molecule has 0 bridgehead atoms. The number of amides is 1. The van der Waals surface area contributed by atoms with Crippen LogP contribution >= 0.6 is 0 Å². The molecule has 1 saturated carbocycles. The molecule has 0 unspecified atom stereocenters. The number of benzene rings is 1. The molecule has 2 aliphatic heterocycles. The number of nitrogens with one attached hydrogen (secondary N) is 1. The van der Waals surface area contributed by atoms with Crippen LogP contribution in [0.3, 0.4) is 0 Å². The fourth-order valence-electron chi connectivity index (χ4n) is 4.82. The van der Waals surface area contributed by atoms with Crippen molar-refractivity contribution in [2.45, 2.75) is 62.5 Å². The summed E-state index contributed by atoms with van der Waals surface area (Å²) >= 11 is 0. The minimum absolute atomic E-state index is 0.0632. The van der Waals surface area contributed by atoms with E-state index in [9.17, 15) is 13.2 Å². The van der Waals surface area contributed by atoms with Crippen molar-refractivity contribution in [1.82, 2.24) is 4.98 Å². The van der Waals surface area contributed by atoms with Gasteiger partial charge >= 0.3 is 0 Å². The fraction of sp³-hybridized carbons (Fsp3) is 0.444. The maximum atomic E-state index is 13.5. The first-order valence-electron chi connectivity index (χ1n) is 12.1. The molecular formula is C27H30N4O4S. The first kappa shape index (κ1) is 24.3. The highest BCUT2D eigenvalue weighted by Crippen LogP contribution is 2.48. The molecule has 1 aliphatic carbocycles. The summed E-state index contributed by atoms with van der Waals surface area (Å²) in [5.74, 6) is 7.02. The van der Waals surface area contributed by atoms with E-state index in [0.717, 1.165) is 24.0 Å². The summed E-state index contributed by atoms with van der Waals surface area (Å²) in [7, 11) is -3.67. The van der Waals surface area contributed by atoms with Gasteiger partial charge in [-0.05, 0) is 70.4 Å². The van der Waals surface area contributed by atoms with Crippen LogP contribution in [-0.4, -0.2) is 41.7 Å². The smallest absolute Gasteiger partial charge is 0.274 e. The minimum atomic E-state index is -3.67. The quantitative estimate of drug-likeness (QED) is 0.602. The Morgan fingerprint density at radius 2 is 1.94 bits per heavy atom. The lowest BCUT2D eigenvalue weighted by molar-refractivity contribution is 0.102. The van der Waals surface area contributed by atoms with Crippen molar-refractivity contribution in [3.05, 3.63) is 52.8 Å². The third kappa shape index (κ3) is 3.94. The van der Waals surface area contributed by atoms with Crippen molar-refractivity contribution in [2.75, 3.05) is 11.9 Å². The lowest BCUT2D eigenvalue weighted by Gasteiger charge is -2.43. The molecule has 1 aromatic carbocycles. The van der Waals surface area contributed by atoms with E-state index in [4.69, 9.17) is 15.5 Å². The molecule has 0 radical (unpaired) electrons. The number of aryl methyl sites for hydroxylation is 1. The number of carbonyl (C=O) groups excluding carboxylic acids is 1. The number of pyridine rings is 1. The largest absolute Gasteiger partial charge is 0.493 e. The third-order valence-electron chi connectivity index (χ3n) is 7.39. The summed E-state index contributed by atoms with van der Waals surface area (Å²) in [6.07, 6.45) is 4.19. The van der Waals surface area contributed by atoms with E-state index in [1.54, 1.807) is 45.2 Å². The number of fused-ring (bicyclic) bond motifs is 3. The zero-order valence-electron chi connectivity index (χ0n) is 20.9. The highest BCUT2D eigenvalue weighted by Gasteiger charge is 2.57. The van der Waals surface area contributed by atoms with E-state index in [1.165, 1.54) is 0 Å². The number of aromatic nitrogens is 1. The van der Waals surface area contributed by atoms with Gasteiger partial charge in [-0.15, -0.1) is 0 Å². The molecule has 1 aromatic heterocycles. The minimum Gasteiger partial charge on any atom is -0.493 e. The molecule has 3 N–H and O–H groups in total. The van der Waals surface area contributed by atoms with Gasteiger partial charge in [0.15, 0.2) is 9.84 Å². The Labute approximate surface area is 211 Å². The molecule has 1 amide bonds. The van der Waals surface area contributed by atoms with Gasteiger partial charge in [0.2, 0.25) is 0 Å². The number of ether oxygens (including phenoxy) is 1. The zero-order valence-corrected chi connectivity index (χ0v) is 21.7. The van der Waals surface area contributed by atoms with Gasteiger partial charge in [0.05, 0.1) is 11.9 Å². The van der Waals surface area contributed by atoms with Crippen molar-refractivity contribution in [3.8, 4) is 17.6 Å². The van der Waals surface area contributed by atoms with Crippen molar-refractivity contribution in [3.63, 3.8) is 0 Å². The zero-order chi connectivity index (χ0) is 25.9. The van der Waals surface area contributed by atoms with E-state index >= 15 is 0 Å². The summed E-state index contributed by atoms with van der Waals surface area (Å²) in [5.41, 5.74) is 7.90.